The van der Waals surface area contributed by atoms with Crippen LogP contribution < -0.4 is 0 Å². The Labute approximate surface area is 381 Å². The van der Waals surface area contributed by atoms with Gasteiger partial charge in [0.05, 0.1) is 29.1 Å². The summed E-state index contributed by atoms with van der Waals surface area (Å²) >= 11 is 0. The largest absolute Gasteiger partial charge is 0.507 e. The molecule has 0 unspecified atom stereocenters. The quantitative estimate of drug-likeness (QED) is 0.169. The third-order valence-corrected chi connectivity index (χ3v) is 10.9. The van der Waals surface area contributed by atoms with E-state index in [2.05, 4.69) is 92.6 Å². The molecule has 0 spiro atoms. The van der Waals surface area contributed by atoms with Crippen LogP contribution in [0.3, 0.4) is 0 Å². The number of fused-ring (bicyclic) bond motifs is 1. The van der Waals surface area contributed by atoms with Crippen LogP contribution >= 0.6 is 0 Å². The smallest absolute Gasteiger partial charge is 0.148 e. The van der Waals surface area contributed by atoms with E-state index >= 15 is 0 Å². The number of phenolic OH excluding ortho intramolecular Hbond substituents is 1. The number of hydrogen-bond donors (Lipinski definition) is 1. The van der Waals surface area contributed by atoms with Crippen LogP contribution in [0.25, 0.3) is 72.7 Å². The number of aromatic nitrogens is 3. The van der Waals surface area contributed by atoms with Crippen LogP contribution in [0.1, 0.15) is 95.5 Å². The number of phenols is 1. The summed E-state index contributed by atoms with van der Waals surface area (Å²) in [6.45, 7) is 16.8. The van der Waals surface area contributed by atoms with Crippen molar-refractivity contribution < 1.29 is 37.1 Å². The van der Waals surface area contributed by atoms with Gasteiger partial charge < -0.3 is 5.11 Å². The van der Waals surface area contributed by atoms with Crippen molar-refractivity contribution in [1.29, 1.82) is 0 Å². The van der Waals surface area contributed by atoms with Crippen LogP contribution in [0.4, 0.5) is 0 Å². The number of para-hydroxylation sites is 2. The minimum Gasteiger partial charge on any atom is -0.507 e. The Morgan fingerprint density at radius 2 is 1.25 bits per heavy atom. The van der Waals surface area contributed by atoms with Crippen molar-refractivity contribution >= 4 is 11.0 Å². The van der Waals surface area contributed by atoms with E-state index < -0.39 is 25.0 Å². The Hall–Kier alpha value is -5.57. The second kappa shape index (κ2) is 16.1. The normalized spacial score (nSPS) is 14.2. The van der Waals surface area contributed by atoms with Gasteiger partial charge in [-0.1, -0.05) is 158 Å². The topological polar surface area (TPSA) is 50.9 Å². The number of aromatic hydroxyl groups is 1. The van der Waals surface area contributed by atoms with Gasteiger partial charge >= 0.3 is 0 Å². The molecule has 6 aromatic carbocycles. The third kappa shape index (κ3) is 8.41. The summed E-state index contributed by atoms with van der Waals surface area (Å²) in [6.07, 6.45) is 1.56. The molecule has 4 nitrogen and oxygen atoms in total. The monoisotopic (exact) mass is 975 g/mol. The van der Waals surface area contributed by atoms with Gasteiger partial charge in [0.25, 0.3) is 0 Å². The van der Waals surface area contributed by atoms with Crippen LogP contribution in [-0.4, -0.2) is 19.6 Å². The fraction of sp³-hybridized carbons (Fsp3) is 0.236. The van der Waals surface area contributed by atoms with Gasteiger partial charge in [-0.05, 0) is 98.4 Å². The summed E-state index contributed by atoms with van der Waals surface area (Å²) < 4.78 is 70.7. The molecule has 0 atom stereocenters. The van der Waals surface area contributed by atoms with E-state index in [1.165, 1.54) is 0 Å². The first kappa shape index (κ1) is 33.2. The molecule has 8 rings (SSSR count). The molecule has 0 aliphatic rings. The van der Waals surface area contributed by atoms with Gasteiger partial charge in [0.15, 0.2) is 0 Å². The minimum absolute atomic E-state index is 0. The van der Waals surface area contributed by atoms with E-state index in [9.17, 15) is 5.11 Å². The van der Waals surface area contributed by atoms with Crippen molar-refractivity contribution in [3.63, 3.8) is 0 Å². The summed E-state index contributed by atoms with van der Waals surface area (Å²) in [6, 6.07) is 33.8. The molecule has 0 aliphatic carbocycles. The maximum absolute atomic E-state index is 11.4. The van der Waals surface area contributed by atoms with E-state index in [0.717, 1.165) is 27.8 Å². The maximum atomic E-state index is 11.4. The first-order valence-electron chi connectivity index (χ1n) is 24.0. The van der Waals surface area contributed by atoms with Crippen LogP contribution in [0.5, 0.6) is 5.75 Å². The van der Waals surface area contributed by atoms with Gasteiger partial charge in [0.1, 0.15) is 11.6 Å². The molecule has 306 valence electrons. The van der Waals surface area contributed by atoms with Crippen molar-refractivity contribution in [2.24, 2.45) is 0 Å². The standard InChI is InChI=1S/C55H54N3O.Pt/c1-35-27-37(39-29-43(54(5,6)7)34-44(30-39)55(8,9)10)23-24-48(35)58-49-21-16-20-45(51(49)57-52(58)46-19-14-15-22-50(46)59)40-28-41(32-42(31-40)53(2,3)4)47-33-38(25-26-56-47)36-17-12-11-13-18-36;/h11-27,29-34,59H,1-10H3;/q-1;/i1D3,11D,12D,13D,17D,18D;. The predicted octanol–water partition coefficient (Wildman–Crippen LogP) is 14.5. The molecule has 5 heteroatoms. The van der Waals surface area contributed by atoms with Crippen LogP contribution in [-0.2, 0) is 37.3 Å². The molecule has 2 aromatic heterocycles. The molecule has 0 saturated carbocycles. The van der Waals surface area contributed by atoms with Crippen molar-refractivity contribution in [1.82, 2.24) is 14.5 Å². The third-order valence-electron chi connectivity index (χ3n) is 10.9. The minimum atomic E-state index is -2.55. The molecule has 0 bridgehead atoms. The fourth-order valence-corrected chi connectivity index (χ4v) is 7.39. The second-order valence-electron chi connectivity index (χ2n) is 18.4. The van der Waals surface area contributed by atoms with Gasteiger partial charge in [-0.3, -0.25) is 9.55 Å². The first-order valence-corrected chi connectivity index (χ1v) is 20.0. The Bertz CT molecular complexity index is 3200. The molecule has 0 fully saturated rings. The van der Waals surface area contributed by atoms with Crippen LogP contribution in [0, 0.1) is 12.9 Å². The summed E-state index contributed by atoms with van der Waals surface area (Å²) in [5.74, 6) is 0.332. The molecular formula is C55H54N3OPt-. The van der Waals surface area contributed by atoms with Gasteiger partial charge in [0.2, 0.25) is 0 Å². The Morgan fingerprint density at radius 3 is 1.92 bits per heavy atom. The van der Waals surface area contributed by atoms with Crippen molar-refractivity contribution in [3.8, 4) is 67.5 Å². The molecule has 0 radical (unpaired) electrons. The number of aryl methyl sites for hydroxylation is 1. The van der Waals surface area contributed by atoms with Gasteiger partial charge in [0, 0.05) is 37.1 Å². The van der Waals surface area contributed by atoms with E-state index in [-0.39, 0.29) is 66.3 Å². The molecule has 0 aliphatic heterocycles. The average Bonchev–Trinajstić information content (AvgIpc) is 3.66. The van der Waals surface area contributed by atoms with Gasteiger partial charge in [-0.2, -0.15) is 0 Å². The van der Waals surface area contributed by atoms with Crippen LogP contribution in [0.2, 0.25) is 0 Å². The van der Waals surface area contributed by atoms with E-state index in [0.29, 0.717) is 56.1 Å². The van der Waals surface area contributed by atoms with E-state index in [1.54, 1.807) is 48.7 Å². The zero-order valence-electron chi connectivity index (χ0n) is 43.5. The SMILES string of the molecule is [2H]c1c([2H])c([2H])c(-c2ccnc(-c3[c-]c(-c4cccc5c4nc(-c4ccccc4O)n5-c4ccc(-c5cc(C(C)(C)C)cc(C(C)(C)C)c5)cc4C([2H])([2H])[2H])cc(C(C)(C)C)c3)c2)c([2H])c1[2H].[Pt]. The number of hydrogen-bond acceptors (Lipinski definition) is 3. The molecular weight excluding hydrogens is 914 g/mol. The number of nitrogens with zero attached hydrogens (tertiary/aromatic N) is 3. The van der Waals surface area contributed by atoms with Crippen LogP contribution in [0.15, 0.2) is 140 Å². The maximum Gasteiger partial charge on any atom is 0.148 e. The molecule has 2 heterocycles. The Kier molecular flexibility index (Phi) is 8.92. The molecule has 8 aromatic rings. The zero-order valence-corrected chi connectivity index (χ0v) is 37.8. The molecule has 0 amide bonds. The zero-order chi connectivity index (χ0) is 48.7. The van der Waals surface area contributed by atoms with Gasteiger partial charge in [-0.15, -0.1) is 29.3 Å². The summed E-state index contributed by atoms with van der Waals surface area (Å²) in [5.41, 5.74) is 9.33. The van der Waals surface area contributed by atoms with Crippen molar-refractivity contribution in [2.45, 2.75) is 85.4 Å². The van der Waals surface area contributed by atoms with E-state index in [4.69, 9.17) is 20.9 Å². The number of imidazole rings is 1. The van der Waals surface area contributed by atoms with Gasteiger partial charge in [-0.25, -0.2) is 4.98 Å². The molecule has 60 heavy (non-hydrogen) atoms. The average molecular weight is 976 g/mol. The van der Waals surface area contributed by atoms with E-state index in [1.807, 2.05) is 41.0 Å². The number of benzene rings is 6. The van der Waals surface area contributed by atoms with Crippen molar-refractivity contribution in [3.05, 3.63) is 168 Å². The summed E-state index contributed by atoms with van der Waals surface area (Å²) in [4.78, 5) is 9.95. The Balaban J connectivity index is 0.00000684. The summed E-state index contributed by atoms with van der Waals surface area (Å²) in [5, 5.41) is 11.4. The molecule has 1 N–H and O–H groups in total. The second-order valence-corrected chi connectivity index (χ2v) is 18.4. The summed E-state index contributed by atoms with van der Waals surface area (Å²) in [7, 11) is 0. The van der Waals surface area contributed by atoms with Crippen molar-refractivity contribution in [2.75, 3.05) is 0 Å². The fourth-order valence-electron chi connectivity index (χ4n) is 7.39. The number of pyridine rings is 1. The molecule has 0 saturated heterocycles. The predicted molar refractivity (Wildman–Crippen MR) is 247 cm³/mol. The first-order chi connectivity index (χ1) is 31.2. The number of rotatable bonds is 6. The Morgan fingerprint density at radius 1 is 0.617 bits per heavy atom.